The molecule has 0 aliphatic carbocycles. The van der Waals surface area contributed by atoms with E-state index in [0.717, 1.165) is 32.1 Å². The van der Waals surface area contributed by atoms with Crippen LogP contribution in [-0.2, 0) is 4.79 Å². The largest absolute Gasteiger partial charge is 0.394 e. The van der Waals surface area contributed by atoms with Crippen LogP contribution in [0.5, 0.6) is 0 Å². The van der Waals surface area contributed by atoms with Crippen molar-refractivity contribution in [1.29, 1.82) is 0 Å². The lowest BCUT2D eigenvalue weighted by Crippen LogP contribution is -2.45. The summed E-state index contributed by atoms with van der Waals surface area (Å²) in [5.41, 5.74) is 0. The van der Waals surface area contributed by atoms with Crippen LogP contribution in [0.3, 0.4) is 0 Å². The summed E-state index contributed by atoms with van der Waals surface area (Å²) < 4.78 is 0. The zero-order valence-electron chi connectivity index (χ0n) is 28.3. The van der Waals surface area contributed by atoms with Crippen LogP contribution in [-0.4, -0.2) is 34.9 Å². The number of amides is 1. The first-order valence-corrected chi connectivity index (χ1v) is 18.6. The Balaban J connectivity index is 3.58. The summed E-state index contributed by atoms with van der Waals surface area (Å²) in [6.45, 7) is 4.27. The number of hydrogen-bond acceptors (Lipinski definition) is 3. The van der Waals surface area contributed by atoms with Gasteiger partial charge in [0.2, 0.25) is 5.91 Å². The molecule has 0 aliphatic rings. The van der Waals surface area contributed by atoms with Crippen LogP contribution in [0.15, 0.2) is 24.3 Å². The number of rotatable bonds is 33. The van der Waals surface area contributed by atoms with E-state index in [0.29, 0.717) is 6.42 Å². The average Bonchev–Trinajstić information content (AvgIpc) is 2.99. The van der Waals surface area contributed by atoms with E-state index in [9.17, 15) is 15.0 Å². The highest BCUT2D eigenvalue weighted by Gasteiger charge is 2.17. The van der Waals surface area contributed by atoms with E-state index >= 15 is 0 Å². The zero-order chi connectivity index (χ0) is 30.8. The highest BCUT2D eigenvalue weighted by Crippen LogP contribution is 2.15. The zero-order valence-corrected chi connectivity index (χ0v) is 28.3. The molecule has 0 unspecified atom stereocenters. The topological polar surface area (TPSA) is 69.6 Å². The van der Waals surface area contributed by atoms with Crippen LogP contribution in [0.4, 0.5) is 0 Å². The summed E-state index contributed by atoms with van der Waals surface area (Å²) >= 11 is 0. The molecule has 1 amide bonds. The van der Waals surface area contributed by atoms with E-state index in [1.165, 1.54) is 141 Å². The second-order valence-corrected chi connectivity index (χ2v) is 12.6. The lowest BCUT2D eigenvalue weighted by molar-refractivity contribution is -0.123. The van der Waals surface area contributed by atoms with Crippen molar-refractivity contribution >= 4 is 5.91 Å². The monoisotopic (exact) mass is 592 g/mol. The number of allylic oxidation sites excluding steroid dienone is 3. The molecule has 248 valence electrons. The number of nitrogens with one attached hydrogen (secondary N) is 1. The lowest BCUT2D eigenvalue weighted by Gasteiger charge is -2.19. The molecule has 0 aromatic heterocycles. The van der Waals surface area contributed by atoms with Gasteiger partial charge in [0.15, 0.2) is 0 Å². The Labute approximate surface area is 262 Å². The summed E-state index contributed by atoms with van der Waals surface area (Å²) in [6, 6.07) is -0.632. The Hall–Kier alpha value is -1.13. The van der Waals surface area contributed by atoms with E-state index in [2.05, 4.69) is 31.3 Å². The second kappa shape index (κ2) is 34.4. The van der Waals surface area contributed by atoms with Gasteiger partial charge in [-0.05, 0) is 32.1 Å². The highest BCUT2D eigenvalue weighted by molar-refractivity contribution is 5.76. The normalized spacial score (nSPS) is 13.3. The number of carbonyl (C=O) groups excluding carboxylic acids is 1. The molecule has 0 heterocycles. The smallest absolute Gasteiger partial charge is 0.220 e. The molecule has 42 heavy (non-hydrogen) atoms. The van der Waals surface area contributed by atoms with Gasteiger partial charge in [0, 0.05) is 6.42 Å². The second-order valence-electron chi connectivity index (χ2n) is 12.6. The van der Waals surface area contributed by atoms with Crippen molar-refractivity contribution in [2.75, 3.05) is 6.61 Å². The van der Waals surface area contributed by atoms with Crippen molar-refractivity contribution in [3.63, 3.8) is 0 Å². The van der Waals surface area contributed by atoms with E-state index in [1.807, 2.05) is 6.08 Å². The first-order valence-electron chi connectivity index (χ1n) is 18.6. The fourth-order valence-electron chi connectivity index (χ4n) is 5.55. The third-order valence-electron chi connectivity index (χ3n) is 8.44. The molecule has 0 rings (SSSR count). The SMILES string of the molecule is CCCCCCC/C=C/CC/C=C/[C@@H](O)[C@H](CO)NC(=O)CCCCCCCCCCCCCCCCCCCCC. The van der Waals surface area contributed by atoms with Gasteiger partial charge < -0.3 is 15.5 Å². The predicted molar refractivity (Wildman–Crippen MR) is 184 cm³/mol. The first kappa shape index (κ1) is 40.9. The van der Waals surface area contributed by atoms with Gasteiger partial charge in [0.1, 0.15) is 0 Å². The molecule has 2 atom stereocenters. The van der Waals surface area contributed by atoms with Crippen LogP contribution in [0.25, 0.3) is 0 Å². The Morgan fingerprint density at radius 1 is 0.548 bits per heavy atom. The van der Waals surface area contributed by atoms with Crippen molar-refractivity contribution in [3.05, 3.63) is 24.3 Å². The molecule has 3 N–H and O–H groups in total. The number of carbonyl (C=O) groups is 1. The fourth-order valence-corrected chi connectivity index (χ4v) is 5.55. The van der Waals surface area contributed by atoms with E-state index in [-0.39, 0.29) is 12.5 Å². The third kappa shape index (κ3) is 30.3. The van der Waals surface area contributed by atoms with Crippen LogP contribution < -0.4 is 5.32 Å². The van der Waals surface area contributed by atoms with E-state index < -0.39 is 12.1 Å². The molecule has 0 spiro atoms. The number of unbranched alkanes of at least 4 members (excludes halogenated alkanes) is 24. The van der Waals surface area contributed by atoms with Gasteiger partial charge in [-0.2, -0.15) is 0 Å². The summed E-state index contributed by atoms with van der Waals surface area (Å²) in [5.74, 6) is -0.0738. The van der Waals surface area contributed by atoms with Gasteiger partial charge in [-0.3, -0.25) is 4.79 Å². The molecule has 0 bridgehead atoms. The maximum absolute atomic E-state index is 12.3. The van der Waals surface area contributed by atoms with Gasteiger partial charge in [0.05, 0.1) is 18.8 Å². The maximum Gasteiger partial charge on any atom is 0.220 e. The molecule has 0 saturated heterocycles. The van der Waals surface area contributed by atoms with Crippen molar-refractivity contribution < 1.29 is 15.0 Å². The standard InChI is InChI=1S/C38H73NO3/c1-3-5-7-9-11-13-15-16-17-18-19-20-21-22-24-26-28-30-32-34-38(42)39-36(35-40)37(41)33-31-29-27-25-23-14-12-10-8-6-4-2/h23,25,31,33,36-37,40-41H,3-22,24,26-30,32,34-35H2,1-2H3,(H,39,42)/b25-23+,33-31+/t36-,37+/m0/s1. The van der Waals surface area contributed by atoms with Crippen LogP contribution in [0, 0.1) is 0 Å². The lowest BCUT2D eigenvalue weighted by atomic mass is 10.0. The van der Waals surface area contributed by atoms with E-state index in [1.54, 1.807) is 6.08 Å². The van der Waals surface area contributed by atoms with Gasteiger partial charge >= 0.3 is 0 Å². The minimum atomic E-state index is -0.855. The Morgan fingerprint density at radius 3 is 1.38 bits per heavy atom. The Kier molecular flexibility index (Phi) is 33.4. The molecule has 4 heteroatoms. The van der Waals surface area contributed by atoms with Crippen molar-refractivity contribution in [2.24, 2.45) is 0 Å². The molecule has 0 aromatic carbocycles. The summed E-state index contributed by atoms with van der Waals surface area (Å²) in [7, 11) is 0. The highest BCUT2D eigenvalue weighted by atomic mass is 16.3. The molecule has 4 nitrogen and oxygen atoms in total. The van der Waals surface area contributed by atoms with Crippen LogP contribution in [0.2, 0.25) is 0 Å². The number of aliphatic hydroxyl groups is 2. The van der Waals surface area contributed by atoms with E-state index in [4.69, 9.17) is 0 Å². The molecular weight excluding hydrogens is 518 g/mol. The minimum Gasteiger partial charge on any atom is -0.394 e. The number of hydrogen-bond donors (Lipinski definition) is 3. The molecule has 0 aromatic rings. The predicted octanol–water partition coefficient (Wildman–Crippen LogP) is 10.9. The first-order chi connectivity index (χ1) is 20.7. The van der Waals surface area contributed by atoms with Crippen molar-refractivity contribution in [2.45, 2.75) is 206 Å². The van der Waals surface area contributed by atoms with Crippen LogP contribution in [0.1, 0.15) is 194 Å². The third-order valence-corrected chi connectivity index (χ3v) is 8.44. The Morgan fingerprint density at radius 2 is 0.929 bits per heavy atom. The van der Waals surface area contributed by atoms with Gasteiger partial charge in [-0.15, -0.1) is 0 Å². The average molecular weight is 592 g/mol. The summed E-state index contributed by atoms with van der Waals surface area (Å²) in [4.78, 5) is 12.3. The summed E-state index contributed by atoms with van der Waals surface area (Å²) in [5, 5.41) is 22.8. The fraction of sp³-hybridized carbons (Fsp3) is 0.868. The summed E-state index contributed by atoms with van der Waals surface area (Å²) in [6.07, 6.45) is 42.7. The van der Waals surface area contributed by atoms with Crippen molar-refractivity contribution in [3.8, 4) is 0 Å². The number of aliphatic hydroxyl groups excluding tert-OH is 2. The quantitative estimate of drug-likeness (QED) is 0.0525. The molecule has 0 fully saturated rings. The maximum atomic E-state index is 12.3. The minimum absolute atomic E-state index is 0.0738. The van der Waals surface area contributed by atoms with Gasteiger partial charge in [0.25, 0.3) is 0 Å². The molecule has 0 aliphatic heterocycles. The van der Waals surface area contributed by atoms with Crippen LogP contribution >= 0.6 is 0 Å². The van der Waals surface area contributed by atoms with Gasteiger partial charge in [-0.1, -0.05) is 179 Å². The van der Waals surface area contributed by atoms with Crippen molar-refractivity contribution in [1.82, 2.24) is 5.32 Å². The Bertz CT molecular complexity index is 603. The van der Waals surface area contributed by atoms with Gasteiger partial charge in [-0.25, -0.2) is 0 Å². The molecule has 0 saturated carbocycles. The molecule has 0 radical (unpaired) electrons. The molecular formula is C38H73NO3.